The van der Waals surface area contributed by atoms with Crippen molar-refractivity contribution >= 4 is 17.2 Å². The number of nitrogens with zero attached hydrogens (tertiary/aromatic N) is 2. The molecule has 0 saturated carbocycles. The van der Waals surface area contributed by atoms with Gasteiger partial charge in [0.2, 0.25) is 5.91 Å². The van der Waals surface area contributed by atoms with Gasteiger partial charge in [0.15, 0.2) is 0 Å². The minimum atomic E-state index is 0.0962. The summed E-state index contributed by atoms with van der Waals surface area (Å²) < 4.78 is 5.21. The molecule has 2 saturated heterocycles. The van der Waals surface area contributed by atoms with Gasteiger partial charge in [-0.15, -0.1) is 0 Å². The molecule has 3 rings (SSSR count). The fraction of sp³-hybridized carbons (Fsp3) is 0.706. The van der Waals surface area contributed by atoms with Crippen molar-refractivity contribution in [2.45, 2.75) is 44.2 Å². The molecule has 0 N–H and O–H groups in total. The first-order valence-electron chi connectivity index (χ1n) is 8.26. The van der Waals surface area contributed by atoms with Crippen LogP contribution < -0.4 is 0 Å². The van der Waals surface area contributed by atoms with Gasteiger partial charge in [-0.3, -0.25) is 9.69 Å². The monoisotopic (exact) mass is 322 g/mol. The summed E-state index contributed by atoms with van der Waals surface area (Å²) in [4.78, 5) is 16.9. The second kappa shape index (κ2) is 7.11. The highest BCUT2D eigenvalue weighted by atomic mass is 32.1. The number of rotatable bonds is 5. The fourth-order valence-electron chi connectivity index (χ4n) is 3.97. The van der Waals surface area contributed by atoms with Crippen LogP contribution in [-0.4, -0.2) is 54.6 Å². The zero-order valence-corrected chi connectivity index (χ0v) is 14.2. The van der Waals surface area contributed by atoms with E-state index in [4.69, 9.17) is 4.74 Å². The molecule has 1 amide bonds. The molecule has 0 unspecified atom stereocenters. The summed E-state index contributed by atoms with van der Waals surface area (Å²) in [6.07, 6.45) is 5.17. The molecule has 1 atom stereocenters. The topological polar surface area (TPSA) is 32.8 Å². The van der Waals surface area contributed by atoms with E-state index in [0.29, 0.717) is 18.9 Å². The van der Waals surface area contributed by atoms with Crippen LogP contribution in [0.3, 0.4) is 0 Å². The number of hydrogen-bond donors (Lipinski definition) is 0. The van der Waals surface area contributed by atoms with Crippen molar-refractivity contribution < 1.29 is 9.53 Å². The first-order valence-corrected chi connectivity index (χ1v) is 9.21. The maximum Gasteiger partial charge on any atom is 0.223 e. The number of hydrogen-bond acceptors (Lipinski definition) is 4. The van der Waals surface area contributed by atoms with E-state index in [1.807, 2.05) is 0 Å². The molecule has 122 valence electrons. The third-order valence-electron chi connectivity index (χ3n) is 5.19. The lowest BCUT2D eigenvalue weighted by molar-refractivity contribution is -0.132. The molecule has 2 fully saturated rings. The Morgan fingerprint density at radius 2 is 2.23 bits per heavy atom. The Bertz CT molecular complexity index is 491. The van der Waals surface area contributed by atoms with Gasteiger partial charge in [-0.05, 0) is 54.6 Å². The molecular weight excluding hydrogens is 296 g/mol. The van der Waals surface area contributed by atoms with Crippen LogP contribution in [0.15, 0.2) is 16.8 Å². The molecule has 0 aliphatic carbocycles. The van der Waals surface area contributed by atoms with Crippen LogP contribution in [0.1, 0.15) is 37.7 Å². The van der Waals surface area contributed by atoms with Gasteiger partial charge < -0.3 is 9.64 Å². The number of carbonyl (C=O) groups is 1. The predicted molar refractivity (Wildman–Crippen MR) is 89.0 cm³/mol. The summed E-state index contributed by atoms with van der Waals surface area (Å²) in [6, 6.07) is 2.22. The molecule has 1 aromatic heterocycles. The quantitative estimate of drug-likeness (QED) is 0.836. The normalized spacial score (nSPS) is 26.8. The van der Waals surface area contributed by atoms with Crippen molar-refractivity contribution in [1.29, 1.82) is 0 Å². The minimum absolute atomic E-state index is 0.0962. The van der Waals surface area contributed by atoms with Crippen molar-refractivity contribution in [1.82, 2.24) is 9.80 Å². The van der Waals surface area contributed by atoms with Crippen molar-refractivity contribution in [2.75, 3.05) is 33.4 Å². The molecule has 0 radical (unpaired) electrons. The third kappa shape index (κ3) is 3.36. The van der Waals surface area contributed by atoms with Crippen molar-refractivity contribution in [3.8, 4) is 0 Å². The summed E-state index contributed by atoms with van der Waals surface area (Å²) in [6.45, 7) is 4.67. The highest BCUT2D eigenvalue weighted by molar-refractivity contribution is 7.07. The van der Waals surface area contributed by atoms with E-state index in [-0.39, 0.29) is 5.54 Å². The molecule has 0 aromatic carbocycles. The van der Waals surface area contributed by atoms with Gasteiger partial charge in [0.1, 0.15) is 0 Å². The summed E-state index contributed by atoms with van der Waals surface area (Å²) in [7, 11) is 1.71. The number of amides is 1. The Balaban J connectivity index is 1.64. The van der Waals surface area contributed by atoms with E-state index in [1.54, 1.807) is 18.4 Å². The van der Waals surface area contributed by atoms with Gasteiger partial charge in [-0.2, -0.15) is 11.3 Å². The van der Waals surface area contributed by atoms with Gasteiger partial charge >= 0.3 is 0 Å². The zero-order chi connectivity index (χ0) is 15.4. The van der Waals surface area contributed by atoms with Crippen LogP contribution in [0.5, 0.6) is 0 Å². The van der Waals surface area contributed by atoms with Crippen LogP contribution >= 0.6 is 11.3 Å². The number of likely N-dealkylation sites (tertiary alicyclic amines) is 2. The largest absolute Gasteiger partial charge is 0.383 e. The summed E-state index contributed by atoms with van der Waals surface area (Å²) in [5, 5.41) is 4.39. The number of ether oxygens (including phenoxy) is 1. The van der Waals surface area contributed by atoms with Crippen LogP contribution in [0, 0.1) is 0 Å². The molecule has 2 aliphatic rings. The lowest BCUT2D eigenvalue weighted by Crippen LogP contribution is -2.47. The average Bonchev–Trinajstić information content (AvgIpc) is 3.06. The predicted octanol–water partition coefficient (Wildman–Crippen LogP) is 2.74. The number of thiophene rings is 1. The molecule has 1 spiro atoms. The Morgan fingerprint density at radius 3 is 3.00 bits per heavy atom. The van der Waals surface area contributed by atoms with Crippen molar-refractivity contribution in [3.63, 3.8) is 0 Å². The Labute approximate surface area is 137 Å². The van der Waals surface area contributed by atoms with E-state index < -0.39 is 0 Å². The zero-order valence-electron chi connectivity index (χ0n) is 13.4. The average molecular weight is 322 g/mol. The van der Waals surface area contributed by atoms with E-state index in [9.17, 15) is 4.79 Å². The van der Waals surface area contributed by atoms with E-state index in [1.165, 1.54) is 12.0 Å². The van der Waals surface area contributed by atoms with E-state index in [2.05, 4.69) is 26.6 Å². The van der Waals surface area contributed by atoms with Gasteiger partial charge in [-0.1, -0.05) is 0 Å². The molecule has 22 heavy (non-hydrogen) atoms. The first-order chi connectivity index (χ1) is 10.7. The smallest absolute Gasteiger partial charge is 0.223 e. The lowest BCUT2D eigenvalue weighted by Gasteiger charge is -2.38. The molecule has 2 aliphatic heterocycles. The van der Waals surface area contributed by atoms with Crippen LogP contribution in [-0.2, 0) is 16.1 Å². The van der Waals surface area contributed by atoms with Crippen molar-refractivity contribution in [2.24, 2.45) is 0 Å². The van der Waals surface area contributed by atoms with E-state index in [0.717, 1.165) is 45.4 Å². The Hall–Kier alpha value is -0.910. The van der Waals surface area contributed by atoms with E-state index >= 15 is 0 Å². The van der Waals surface area contributed by atoms with Gasteiger partial charge in [0.05, 0.1) is 6.61 Å². The second-order valence-corrected chi connectivity index (χ2v) is 7.30. The third-order valence-corrected chi connectivity index (χ3v) is 5.93. The molecule has 4 nitrogen and oxygen atoms in total. The van der Waals surface area contributed by atoms with Crippen LogP contribution in [0.2, 0.25) is 0 Å². The van der Waals surface area contributed by atoms with Crippen molar-refractivity contribution in [3.05, 3.63) is 22.4 Å². The maximum absolute atomic E-state index is 12.3. The standard InChI is InChI=1S/C17H26N2O2S/c1-21-11-10-19-16(20)3-6-17(19)5-2-8-18(9-7-17)13-15-4-12-22-14-15/h4,12,14H,2-3,5-11,13H2,1H3/t17-/m0/s1. The maximum atomic E-state index is 12.3. The highest BCUT2D eigenvalue weighted by Crippen LogP contribution is 2.39. The number of methoxy groups -OCH3 is 1. The first kappa shape index (κ1) is 16.0. The van der Waals surface area contributed by atoms with Gasteiger partial charge in [0.25, 0.3) is 0 Å². The molecule has 0 bridgehead atoms. The fourth-order valence-corrected chi connectivity index (χ4v) is 4.63. The van der Waals surface area contributed by atoms with Crippen LogP contribution in [0.4, 0.5) is 0 Å². The Morgan fingerprint density at radius 1 is 1.32 bits per heavy atom. The van der Waals surface area contributed by atoms with Gasteiger partial charge in [0, 0.05) is 38.7 Å². The molecule has 5 heteroatoms. The minimum Gasteiger partial charge on any atom is -0.383 e. The molecule has 3 heterocycles. The lowest BCUT2D eigenvalue weighted by atomic mass is 9.88. The Kier molecular flexibility index (Phi) is 5.16. The van der Waals surface area contributed by atoms with Crippen LogP contribution in [0.25, 0.3) is 0 Å². The summed E-state index contributed by atoms with van der Waals surface area (Å²) in [5.41, 5.74) is 1.51. The summed E-state index contributed by atoms with van der Waals surface area (Å²) >= 11 is 1.77. The molecular formula is C17H26N2O2S. The number of carbonyl (C=O) groups excluding carboxylic acids is 1. The SMILES string of the molecule is COCCN1C(=O)CC[C@]12CCCN(Cc1ccsc1)CC2. The highest BCUT2D eigenvalue weighted by Gasteiger charge is 2.45. The second-order valence-electron chi connectivity index (χ2n) is 6.52. The summed E-state index contributed by atoms with van der Waals surface area (Å²) in [5.74, 6) is 0.323. The molecule has 1 aromatic rings. The van der Waals surface area contributed by atoms with Gasteiger partial charge in [-0.25, -0.2) is 0 Å².